The molecule has 0 radical (unpaired) electrons. The third-order valence-electron chi connectivity index (χ3n) is 5.03. The molecule has 2 aromatic heterocycles. The summed E-state index contributed by atoms with van der Waals surface area (Å²) in [4.78, 5) is 8.10. The van der Waals surface area contributed by atoms with Crippen LogP contribution in [0.2, 0.25) is 0 Å². The first-order valence-electron chi connectivity index (χ1n) is 8.04. The van der Waals surface area contributed by atoms with Gasteiger partial charge in [-0.3, -0.25) is 9.30 Å². The monoisotopic (exact) mass is 307 g/mol. The van der Waals surface area contributed by atoms with Crippen molar-refractivity contribution in [1.82, 2.24) is 14.3 Å². The van der Waals surface area contributed by atoms with Crippen LogP contribution in [0.4, 0.5) is 0 Å². The van der Waals surface area contributed by atoms with E-state index in [4.69, 9.17) is 0 Å². The minimum absolute atomic E-state index is 0.0411. The molecule has 0 bridgehead atoms. The maximum atomic E-state index is 11.0. The molecule has 116 valence electrons. The van der Waals surface area contributed by atoms with Gasteiger partial charge in [0.15, 0.2) is 4.96 Å². The minimum Gasteiger partial charge on any atom is -0.391 e. The molecule has 2 aromatic rings. The van der Waals surface area contributed by atoms with Crippen molar-refractivity contribution in [2.24, 2.45) is 0 Å². The van der Waals surface area contributed by atoms with Crippen molar-refractivity contribution in [3.05, 3.63) is 23.5 Å². The van der Waals surface area contributed by atoms with Gasteiger partial charge in [-0.05, 0) is 25.9 Å². The van der Waals surface area contributed by atoms with Crippen LogP contribution >= 0.6 is 11.3 Å². The Morgan fingerprint density at radius 2 is 2.10 bits per heavy atom. The zero-order chi connectivity index (χ0) is 14.9. The number of hydrogen-bond acceptors (Lipinski definition) is 4. The van der Waals surface area contributed by atoms with Gasteiger partial charge in [-0.15, -0.1) is 11.3 Å². The highest BCUT2D eigenvalue weighted by atomic mass is 32.1. The molecule has 1 N–H and O–H groups in total. The second-order valence-corrected chi connectivity index (χ2v) is 6.90. The number of likely N-dealkylation sites (N-methyl/N-ethyl adjacent to an activating group) is 1. The van der Waals surface area contributed by atoms with E-state index in [0.717, 1.165) is 36.6 Å². The SMILES string of the molecule is CCN(CC)C1(C(O)Cc2cn3ccsc3n2)CCCC1. The van der Waals surface area contributed by atoms with E-state index in [2.05, 4.69) is 29.9 Å². The molecule has 4 nitrogen and oxygen atoms in total. The van der Waals surface area contributed by atoms with Gasteiger partial charge in [0.05, 0.1) is 11.8 Å². The number of aromatic nitrogens is 2. The topological polar surface area (TPSA) is 40.8 Å². The van der Waals surface area contributed by atoms with Crippen LogP contribution in [-0.4, -0.2) is 44.1 Å². The van der Waals surface area contributed by atoms with Crippen molar-refractivity contribution in [3.8, 4) is 0 Å². The van der Waals surface area contributed by atoms with Crippen LogP contribution in [0.1, 0.15) is 45.2 Å². The van der Waals surface area contributed by atoms with Crippen LogP contribution < -0.4 is 0 Å². The molecule has 1 aliphatic carbocycles. The fourth-order valence-corrected chi connectivity index (χ4v) is 4.68. The quantitative estimate of drug-likeness (QED) is 0.892. The first-order chi connectivity index (χ1) is 10.2. The van der Waals surface area contributed by atoms with Crippen molar-refractivity contribution in [2.45, 2.75) is 57.6 Å². The van der Waals surface area contributed by atoms with Gasteiger partial charge in [0.25, 0.3) is 0 Å². The number of aliphatic hydroxyl groups excluding tert-OH is 1. The normalized spacial score (nSPS) is 19.6. The minimum atomic E-state index is -0.329. The molecule has 1 unspecified atom stereocenters. The second-order valence-electron chi connectivity index (χ2n) is 6.03. The van der Waals surface area contributed by atoms with Gasteiger partial charge in [0.1, 0.15) is 0 Å². The van der Waals surface area contributed by atoms with Crippen molar-refractivity contribution < 1.29 is 5.11 Å². The van der Waals surface area contributed by atoms with Gasteiger partial charge in [0, 0.05) is 29.7 Å². The Kier molecular flexibility index (Phi) is 4.33. The first kappa shape index (κ1) is 15.0. The van der Waals surface area contributed by atoms with Crippen LogP contribution in [0.3, 0.4) is 0 Å². The van der Waals surface area contributed by atoms with Crippen molar-refractivity contribution in [3.63, 3.8) is 0 Å². The number of aliphatic hydroxyl groups is 1. The van der Waals surface area contributed by atoms with Crippen molar-refractivity contribution >= 4 is 16.3 Å². The molecule has 0 saturated heterocycles. The lowest BCUT2D eigenvalue weighted by molar-refractivity contribution is -0.0248. The lowest BCUT2D eigenvalue weighted by atomic mass is 9.85. The van der Waals surface area contributed by atoms with Crippen LogP contribution in [0.15, 0.2) is 17.8 Å². The highest BCUT2D eigenvalue weighted by molar-refractivity contribution is 7.15. The first-order valence-corrected chi connectivity index (χ1v) is 8.91. The summed E-state index contributed by atoms with van der Waals surface area (Å²) >= 11 is 1.64. The Morgan fingerprint density at radius 3 is 2.71 bits per heavy atom. The van der Waals surface area contributed by atoms with Gasteiger partial charge in [0.2, 0.25) is 0 Å². The van der Waals surface area contributed by atoms with E-state index in [1.165, 1.54) is 12.8 Å². The van der Waals surface area contributed by atoms with E-state index in [9.17, 15) is 5.11 Å². The summed E-state index contributed by atoms with van der Waals surface area (Å²) in [5.74, 6) is 0. The summed E-state index contributed by atoms with van der Waals surface area (Å²) < 4.78 is 2.05. The highest BCUT2D eigenvalue weighted by Crippen LogP contribution is 2.39. The molecule has 0 amide bonds. The molecule has 0 aliphatic heterocycles. The maximum Gasteiger partial charge on any atom is 0.193 e. The number of nitrogens with zero attached hydrogens (tertiary/aromatic N) is 3. The summed E-state index contributed by atoms with van der Waals surface area (Å²) in [5.41, 5.74) is 0.966. The number of rotatable bonds is 6. The highest BCUT2D eigenvalue weighted by Gasteiger charge is 2.44. The molecule has 1 aliphatic rings. The number of imidazole rings is 1. The Balaban J connectivity index is 1.80. The zero-order valence-electron chi connectivity index (χ0n) is 13.0. The molecule has 1 atom stereocenters. The Labute approximate surface area is 130 Å². The lowest BCUT2D eigenvalue weighted by Gasteiger charge is -2.44. The van der Waals surface area contributed by atoms with Crippen molar-refractivity contribution in [2.75, 3.05) is 13.1 Å². The molecule has 0 spiro atoms. The molecular weight excluding hydrogens is 282 g/mol. The van der Waals surface area contributed by atoms with Crippen LogP contribution in [0.25, 0.3) is 4.96 Å². The van der Waals surface area contributed by atoms with Gasteiger partial charge in [-0.1, -0.05) is 26.7 Å². The molecular formula is C16H25N3OS. The molecule has 0 aromatic carbocycles. The summed E-state index contributed by atoms with van der Waals surface area (Å²) in [6.07, 6.45) is 9.08. The van der Waals surface area contributed by atoms with Crippen LogP contribution in [-0.2, 0) is 6.42 Å². The van der Waals surface area contributed by atoms with Crippen LogP contribution in [0.5, 0.6) is 0 Å². The molecule has 1 fully saturated rings. The third-order valence-corrected chi connectivity index (χ3v) is 5.80. The van der Waals surface area contributed by atoms with E-state index in [0.29, 0.717) is 6.42 Å². The number of hydrogen-bond donors (Lipinski definition) is 1. The smallest absolute Gasteiger partial charge is 0.193 e. The average Bonchev–Trinajstić information content (AvgIpc) is 3.15. The van der Waals surface area contributed by atoms with Gasteiger partial charge in [-0.2, -0.15) is 0 Å². The van der Waals surface area contributed by atoms with E-state index >= 15 is 0 Å². The van der Waals surface area contributed by atoms with Gasteiger partial charge in [-0.25, -0.2) is 4.98 Å². The molecule has 3 rings (SSSR count). The predicted octanol–water partition coefficient (Wildman–Crippen LogP) is 2.95. The fraction of sp³-hybridized carbons (Fsp3) is 0.688. The Bertz CT molecular complexity index is 553. The molecule has 2 heterocycles. The molecule has 5 heteroatoms. The maximum absolute atomic E-state index is 11.0. The van der Waals surface area contributed by atoms with Gasteiger partial charge >= 0.3 is 0 Å². The lowest BCUT2D eigenvalue weighted by Crippen LogP contribution is -2.55. The van der Waals surface area contributed by atoms with E-state index in [-0.39, 0.29) is 11.6 Å². The molecule has 1 saturated carbocycles. The standard InChI is InChI=1S/C16H25N3OS/c1-3-19(4-2)16(7-5-6-8-16)14(20)11-13-12-18-9-10-21-15(18)17-13/h9-10,12,14,20H,3-8,11H2,1-2H3. The fourth-order valence-electron chi connectivity index (χ4n) is 3.96. The summed E-state index contributed by atoms with van der Waals surface area (Å²) in [7, 11) is 0. The van der Waals surface area contributed by atoms with E-state index in [1.54, 1.807) is 11.3 Å². The Morgan fingerprint density at radius 1 is 1.38 bits per heavy atom. The van der Waals surface area contributed by atoms with Crippen LogP contribution in [0, 0.1) is 0 Å². The summed E-state index contributed by atoms with van der Waals surface area (Å²) in [6, 6.07) is 0. The summed E-state index contributed by atoms with van der Waals surface area (Å²) in [6.45, 7) is 6.41. The second kappa shape index (κ2) is 6.07. The molecule has 21 heavy (non-hydrogen) atoms. The largest absolute Gasteiger partial charge is 0.391 e. The zero-order valence-corrected chi connectivity index (χ0v) is 13.8. The van der Waals surface area contributed by atoms with E-state index in [1.807, 2.05) is 16.0 Å². The average molecular weight is 307 g/mol. The third kappa shape index (κ3) is 2.62. The Hall–Kier alpha value is -0.910. The van der Waals surface area contributed by atoms with Crippen molar-refractivity contribution in [1.29, 1.82) is 0 Å². The van der Waals surface area contributed by atoms with Gasteiger partial charge < -0.3 is 5.11 Å². The number of fused-ring (bicyclic) bond motifs is 1. The van der Waals surface area contributed by atoms with E-state index < -0.39 is 0 Å². The predicted molar refractivity (Wildman–Crippen MR) is 86.9 cm³/mol. The number of thiazole rings is 1. The summed E-state index contributed by atoms with van der Waals surface area (Å²) in [5, 5.41) is 13.0.